The van der Waals surface area contributed by atoms with Gasteiger partial charge in [0, 0.05) is 5.69 Å². The second kappa shape index (κ2) is 3.06. The van der Waals surface area contributed by atoms with Crippen LogP contribution < -0.4 is 5.73 Å². The fourth-order valence-electron chi connectivity index (χ4n) is 0.854. The van der Waals surface area contributed by atoms with Crippen molar-refractivity contribution in [2.24, 2.45) is 0 Å². The predicted molar refractivity (Wildman–Crippen MR) is 40.8 cm³/mol. The molecule has 0 heterocycles. The van der Waals surface area contributed by atoms with Crippen LogP contribution in [0.4, 0.5) is 23.2 Å². The molecular formula is C7H4ClF4N. The van der Waals surface area contributed by atoms with E-state index in [-0.39, 0.29) is 0 Å². The summed E-state index contributed by atoms with van der Waals surface area (Å²) < 4.78 is 49.2. The van der Waals surface area contributed by atoms with E-state index >= 15 is 0 Å². The zero-order chi connectivity index (χ0) is 10.2. The third-order valence-electron chi connectivity index (χ3n) is 1.41. The molecule has 0 bridgehead atoms. The summed E-state index contributed by atoms with van der Waals surface area (Å²) in [6.07, 6.45) is -4.82. The highest BCUT2D eigenvalue weighted by Crippen LogP contribution is 2.37. The molecule has 0 fully saturated rings. The second-order valence-corrected chi connectivity index (χ2v) is 2.73. The van der Waals surface area contributed by atoms with E-state index in [9.17, 15) is 17.6 Å². The van der Waals surface area contributed by atoms with Crippen LogP contribution in [-0.4, -0.2) is 0 Å². The van der Waals surface area contributed by atoms with Gasteiger partial charge < -0.3 is 5.73 Å². The van der Waals surface area contributed by atoms with Crippen molar-refractivity contribution < 1.29 is 17.6 Å². The van der Waals surface area contributed by atoms with E-state index in [4.69, 9.17) is 17.3 Å². The molecule has 2 N–H and O–H groups in total. The molecule has 13 heavy (non-hydrogen) atoms. The van der Waals surface area contributed by atoms with Crippen molar-refractivity contribution in [1.29, 1.82) is 0 Å². The number of nitrogens with two attached hydrogens (primary N) is 1. The summed E-state index contributed by atoms with van der Waals surface area (Å²) in [6.45, 7) is 0. The average Bonchev–Trinajstić information content (AvgIpc) is 1.95. The third kappa shape index (κ3) is 1.85. The Morgan fingerprint density at radius 2 is 1.77 bits per heavy atom. The standard InChI is InChI=1S/C7H4ClF4N/c8-3-1-2-4(13)5(6(3)9)7(10,11)12/h1-2H,13H2. The van der Waals surface area contributed by atoms with Gasteiger partial charge in [-0.15, -0.1) is 0 Å². The SMILES string of the molecule is Nc1ccc(Cl)c(F)c1C(F)(F)F. The summed E-state index contributed by atoms with van der Waals surface area (Å²) >= 11 is 5.16. The van der Waals surface area contributed by atoms with Crippen molar-refractivity contribution in [1.82, 2.24) is 0 Å². The molecule has 1 rings (SSSR count). The Bertz CT molecular complexity index is 334. The monoisotopic (exact) mass is 213 g/mol. The maximum Gasteiger partial charge on any atom is 0.421 e. The lowest BCUT2D eigenvalue weighted by Crippen LogP contribution is -2.11. The summed E-state index contributed by atoms with van der Waals surface area (Å²) in [6, 6.07) is 1.88. The molecule has 72 valence electrons. The van der Waals surface area contributed by atoms with Crippen molar-refractivity contribution >= 4 is 17.3 Å². The second-order valence-electron chi connectivity index (χ2n) is 2.32. The molecule has 0 saturated carbocycles. The number of halogens is 5. The van der Waals surface area contributed by atoms with Crippen LogP contribution in [0.2, 0.25) is 5.02 Å². The molecular weight excluding hydrogens is 210 g/mol. The van der Waals surface area contributed by atoms with E-state index in [2.05, 4.69) is 0 Å². The predicted octanol–water partition coefficient (Wildman–Crippen LogP) is 3.08. The van der Waals surface area contributed by atoms with Gasteiger partial charge >= 0.3 is 6.18 Å². The molecule has 0 aliphatic carbocycles. The summed E-state index contributed by atoms with van der Waals surface area (Å²) in [5, 5.41) is -0.596. The summed E-state index contributed by atoms with van der Waals surface area (Å²) in [7, 11) is 0. The molecule has 0 spiro atoms. The number of rotatable bonds is 0. The fourth-order valence-corrected chi connectivity index (χ4v) is 1.01. The molecule has 0 saturated heterocycles. The van der Waals surface area contributed by atoms with E-state index < -0.39 is 28.3 Å². The third-order valence-corrected chi connectivity index (χ3v) is 1.70. The number of hydrogen-bond acceptors (Lipinski definition) is 1. The molecule has 1 nitrogen and oxygen atoms in total. The van der Waals surface area contributed by atoms with E-state index in [1.54, 1.807) is 0 Å². The first kappa shape index (κ1) is 10.1. The van der Waals surface area contributed by atoms with Crippen molar-refractivity contribution in [3.05, 3.63) is 28.5 Å². The van der Waals surface area contributed by atoms with E-state index in [0.29, 0.717) is 0 Å². The Balaban J connectivity index is 3.43. The summed E-state index contributed by atoms with van der Waals surface area (Å²) in [4.78, 5) is 0. The maximum atomic E-state index is 12.8. The molecule has 0 radical (unpaired) electrons. The van der Waals surface area contributed by atoms with Crippen LogP contribution in [0.1, 0.15) is 5.56 Å². The van der Waals surface area contributed by atoms with E-state index in [1.165, 1.54) is 0 Å². The Morgan fingerprint density at radius 3 is 2.15 bits per heavy atom. The number of nitrogen functional groups attached to an aromatic ring is 1. The van der Waals surface area contributed by atoms with Gasteiger partial charge in [0.15, 0.2) is 5.82 Å². The smallest absolute Gasteiger partial charge is 0.398 e. The first-order valence-corrected chi connectivity index (χ1v) is 3.52. The van der Waals surface area contributed by atoms with Crippen LogP contribution in [0.5, 0.6) is 0 Å². The van der Waals surface area contributed by atoms with Gasteiger partial charge in [-0.3, -0.25) is 0 Å². The molecule has 1 aromatic rings. The maximum absolute atomic E-state index is 12.8. The number of benzene rings is 1. The molecule has 1 aromatic carbocycles. The van der Waals surface area contributed by atoms with Crippen molar-refractivity contribution in [3.63, 3.8) is 0 Å². The van der Waals surface area contributed by atoms with Crippen LogP contribution in [0.3, 0.4) is 0 Å². The number of anilines is 1. The van der Waals surface area contributed by atoms with Crippen molar-refractivity contribution in [3.8, 4) is 0 Å². The van der Waals surface area contributed by atoms with Gasteiger partial charge in [-0.1, -0.05) is 11.6 Å². The lowest BCUT2D eigenvalue weighted by molar-refractivity contribution is -0.139. The van der Waals surface area contributed by atoms with Gasteiger partial charge in [-0.25, -0.2) is 4.39 Å². The van der Waals surface area contributed by atoms with Crippen LogP contribution in [0.25, 0.3) is 0 Å². The first-order chi connectivity index (χ1) is 5.84. The van der Waals surface area contributed by atoms with Gasteiger partial charge in [-0.2, -0.15) is 13.2 Å². The Labute approximate surface area is 76.1 Å². The molecule has 6 heteroatoms. The van der Waals surface area contributed by atoms with Crippen LogP contribution in [0, 0.1) is 5.82 Å². The number of hydrogen-bond donors (Lipinski definition) is 1. The molecule has 0 aromatic heterocycles. The minimum atomic E-state index is -4.82. The Hall–Kier alpha value is -0.970. The zero-order valence-electron chi connectivity index (χ0n) is 6.12. The minimum Gasteiger partial charge on any atom is -0.398 e. The normalized spacial score (nSPS) is 11.8. The molecule has 0 atom stereocenters. The topological polar surface area (TPSA) is 26.0 Å². The number of alkyl halides is 3. The summed E-state index contributed by atoms with van der Waals surface area (Å²) in [5.41, 5.74) is 2.77. The Kier molecular flexibility index (Phi) is 2.38. The van der Waals surface area contributed by atoms with Crippen LogP contribution >= 0.6 is 11.6 Å². The minimum absolute atomic E-state index is 0.596. The van der Waals surface area contributed by atoms with E-state index in [0.717, 1.165) is 12.1 Å². The van der Waals surface area contributed by atoms with Gasteiger partial charge in [-0.05, 0) is 12.1 Å². The highest BCUT2D eigenvalue weighted by atomic mass is 35.5. The molecule has 0 aliphatic heterocycles. The van der Waals surface area contributed by atoms with Gasteiger partial charge in [0.25, 0.3) is 0 Å². The molecule has 0 aliphatic rings. The first-order valence-electron chi connectivity index (χ1n) is 3.14. The van der Waals surface area contributed by atoms with E-state index in [1.807, 2.05) is 0 Å². The highest BCUT2D eigenvalue weighted by molar-refractivity contribution is 6.30. The van der Waals surface area contributed by atoms with Crippen LogP contribution in [0.15, 0.2) is 12.1 Å². The van der Waals surface area contributed by atoms with Crippen molar-refractivity contribution in [2.45, 2.75) is 6.18 Å². The van der Waals surface area contributed by atoms with Crippen molar-refractivity contribution in [2.75, 3.05) is 5.73 Å². The largest absolute Gasteiger partial charge is 0.421 e. The fraction of sp³-hybridized carbons (Fsp3) is 0.143. The van der Waals surface area contributed by atoms with Gasteiger partial charge in [0.2, 0.25) is 0 Å². The van der Waals surface area contributed by atoms with Gasteiger partial charge in [0.05, 0.1) is 5.02 Å². The van der Waals surface area contributed by atoms with Crippen LogP contribution in [-0.2, 0) is 6.18 Å². The Morgan fingerprint density at radius 1 is 1.23 bits per heavy atom. The highest BCUT2D eigenvalue weighted by Gasteiger charge is 2.37. The molecule has 0 amide bonds. The lowest BCUT2D eigenvalue weighted by atomic mass is 10.1. The summed E-state index contributed by atoms with van der Waals surface area (Å²) in [5.74, 6) is -1.53. The molecule has 0 unspecified atom stereocenters. The zero-order valence-corrected chi connectivity index (χ0v) is 6.88. The van der Waals surface area contributed by atoms with Gasteiger partial charge in [0.1, 0.15) is 5.56 Å². The lowest BCUT2D eigenvalue weighted by Gasteiger charge is -2.11. The average molecular weight is 214 g/mol. The quantitative estimate of drug-likeness (QED) is 0.520.